The predicted molar refractivity (Wildman–Crippen MR) is 127 cm³/mol. The number of likely N-dealkylation sites (N-methyl/N-ethyl adjacent to an activating group) is 1. The van der Waals surface area contributed by atoms with Crippen molar-refractivity contribution in [1.82, 2.24) is 20.1 Å². The van der Waals surface area contributed by atoms with Crippen LogP contribution in [0.2, 0.25) is 0 Å². The van der Waals surface area contributed by atoms with Gasteiger partial charge in [0, 0.05) is 30.1 Å². The van der Waals surface area contributed by atoms with Crippen molar-refractivity contribution in [2.24, 2.45) is 11.7 Å². The lowest BCUT2D eigenvalue weighted by atomic mass is 9.94. The molecule has 2 aliphatic rings. The van der Waals surface area contributed by atoms with E-state index in [0.717, 1.165) is 42.3 Å². The van der Waals surface area contributed by atoms with Crippen LogP contribution in [0, 0.1) is 5.92 Å². The molecule has 3 heterocycles. The van der Waals surface area contributed by atoms with Gasteiger partial charge in [-0.1, -0.05) is 32.0 Å². The highest BCUT2D eigenvalue weighted by Crippen LogP contribution is 2.39. The van der Waals surface area contributed by atoms with Crippen molar-refractivity contribution in [2.75, 3.05) is 20.1 Å². The molecule has 8 heteroatoms. The molecule has 0 aliphatic carbocycles. The van der Waals surface area contributed by atoms with Crippen LogP contribution in [-0.4, -0.2) is 70.3 Å². The Bertz CT molecular complexity index is 1050. The second-order valence-electron chi connectivity index (χ2n) is 9.98. The van der Waals surface area contributed by atoms with Crippen molar-refractivity contribution in [1.29, 1.82) is 0 Å². The lowest BCUT2D eigenvalue weighted by Crippen LogP contribution is -2.56. The number of amides is 3. The number of nitrogens with zero attached hydrogens (tertiary/aromatic N) is 2. The molecule has 4 N–H and O–H groups in total. The van der Waals surface area contributed by atoms with Crippen molar-refractivity contribution < 1.29 is 14.4 Å². The number of rotatable bonds is 8. The summed E-state index contributed by atoms with van der Waals surface area (Å²) in [6.07, 6.45) is 5.24. The van der Waals surface area contributed by atoms with Crippen LogP contribution >= 0.6 is 0 Å². The standard InChI is InChI=1S/C25H35N5O3/c1-16(2)13-21(30-12-10-25(24(30)33)9-6-11-29(25)3)23(32)28-20(22(26)31)14-17-15-27-19-8-5-4-7-18(17)19/h4-5,7-8,15-16,20-21,27H,6,9-14H2,1-3H3,(H2,26,31)(H,28,32)/t20-,21-,25-/m0/s1. The van der Waals surface area contributed by atoms with Crippen molar-refractivity contribution in [3.8, 4) is 0 Å². The number of aromatic nitrogens is 1. The van der Waals surface area contributed by atoms with E-state index >= 15 is 0 Å². The number of H-pyrrole nitrogens is 1. The number of para-hydroxylation sites is 1. The Morgan fingerprint density at radius 1 is 1.21 bits per heavy atom. The Balaban J connectivity index is 1.53. The Hall–Kier alpha value is -2.87. The average molecular weight is 454 g/mol. The summed E-state index contributed by atoms with van der Waals surface area (Å²) < 4.78 is 0. The van der Waals surface area contributed by atoms with E-state index in [2.05, 4.69) is 15.2 Å². The molecule has 178 valence electrons. The van der Waals surface area contributed by atoms with Gasteiger partial charge in [0.25, 0.3) is 0 Å². The molecule has 8 nitrogen and oxygen atoms in total. The zero-order chi connectivity index (χ0) is 23.8. The number of nitrogens with one attached hydrogen (secondary N) is 2. The molecule has 1 aromatic heterocycles. The van der Waals surface area contributed by atoms with E-state index < -0.39 is 23.5 Å². The van der Waals surface area contributed by atoms with Gasteiger partial charge in [0.15, 0.2) is 0 Å². The van der Waals surface area contributed by atoms with E-state index in [1.165, 1.54) is 0 Å². The lowest BCUT2D eigenvalue weighted by molar-refractivity contribution is -0.144. The zero-order valence-electron chi connectivity index (χ0n) is 19.8. The predicted octanol–water partition coefficient (Wildman–Crippen LogP) is 1.79. The summed E-state index contributed by atoms with van der Waals surface area (Å²) in [5.74, 6) is -0.641. The van der Waals surface area contributed by atoms with Gasteiger partial charge in [0.05, 0.1) is 0 Å². The molecule has 0 unspecified atom stereocenters. The summed E-state index contributed by atoms with van der Waals surface area (Å²) in [6.45, 7) is 5.53. The Morgan fingerprint density at radius 3 is 2.64 bits per heavy atom. The topological polar surface area (TPSA) is 112 Å². The SMILES string of the molecule is CC(C)C[C@@H](C(=O)N[C@@H](Cc1c[nH]c2ccccc12)C(N)=O)N1CC[C@@]2(CCCN2C)C1=O. The number of likely N-dealkylation sites (tertiary alicyclic amines) is 2. The molecule has 2 saturated heterocycles. The van der Waals surface area contributed by atoms with E-state index in [0.29, 0.717) is 19.4 Å². The fourth-order valence-electron chi connectivity index (χ4n) is 5.51. The van der Waals surface area contributed by atoms with Crippen molar-refractivity contribution >= 4 is 28.6 Å². The van der Waals surface area contributed by atoms with Gasteiger partial charge < -0.3 is 20.9 Å². The fraction of sp³-hybridized carbons (Fsp3) is 0.560. The summed E-state index contributed by atoms with van der Waals surface area (Å²) in [5, 5.41) is 3.88. The third-order valence-electron chi connectivity index (χ3n) is 7.37. The highest BCUT2D eigenvalue weighted by atomic mass is 16.2. The maximum absolute atomic E-state index is 13.5. The van der Waals surface area contributed by atoms with Gasteiger partial charge in [-0.3, -0.25) is 19.3 Å². The first-order valence-corrected chi connectivity index (χ1v) is 11.9. The first kappa shape index (κ1) is 23.3. The number of carbonyl (C=O) groups excluding carboxylic acids is 3. The van der Waals surface area contributed by atoms with Gasteiger partial charge in [-0.15, -0.1) is 0 Å². The minimum absolute atomic E-state index is 0.0375. The van der Waals surface area contributed by atoms with Gasteiger partial charge in [0.2, 0.25) is 17.7 Å². The molecule has 1 spiro atoms. The number of benzene rings is 1. The van der Waals surface area contributed by atoms with E-state index in [1.807, 2.05) is 51.4 Å². The summed E-state index contributed by atoms with van der Waals surface area (Å²) in [4.78, 5) is 46.3. The third kappa shape index (κ3) is 4.36. The number of nitrogens with two attached hydrogens (primary N) is 1. The molecule has 33 heavy (non-hydrogen) atoms. The van der Waals surface area contributed by atoms with E-state index in [-0.39, 0.29) is 17.7 Å². The Morgan fingerprint density at radius 2 is 1.97 bits per heavy atom. The molecule has 0 bridgehead atoms. The molecule has 2 aliphatic heterocycles. The van der Waals surface area contributed by atoms with Gasteiger partial charge in [-0.05, 0) is 56.8 Å². The maximum Gasteiger partial charge on any atom is 0.243 e. The normalized spacial score (nSPS) is 23.0. The molecule has 1 aromatic carbocycles. The number of primary amides is 1. The van der Waals surface area contributed by atoms with Crippen LogP contribution in [0.25, 0.3) is 10.9 Å². The van der Waals surface area contributed by atoms with Gasteiger partial charge >= 0.3 is 0 Å². The van der Waals surface area contributed by atoms with Crippen LogP contribution in [-0.2, 0) is 20.8 Å². The van der Waals surface area contributed by atoms with Gasteiger partial charge in [0.1, 0.15) is 17.6 Å². The van der Waals surface area contributed by atoms with Crippen LogP contribution in [0.5, 0.6) is 0 Å². The zero-order valence-corrected chi connectivity index (χ0v) is 19.8. The lowest BCUT2D eigenvalue weighted by Gasteiger charge is -2.33. The van der Waals surface area contributed by atoms with E-state index in [9.17, 15) is 14.4 Å². The Labute approximate surface area is 194 Å². The summed E-state index contributed by atoms with van der Waals surface area (Å²) in [7, 11) is 2.00. The maximum atomic E-state index is 13.5. The van der Waals surface area contributed by atoms with Crippen molar-refractivity contribution in [2.45, 2.75) is 63.6 Å². The van der Waals surface area contributed by atoms with Gasteiger partial charge in [-0.25, -0.2) is 0 Å². The molecular weight excluding hydrogens is 418 g/mol. The molecular formula is C25H35N5O3. The second-order valence-corrected chi connectivity index (χ2v) is 9.98. The average Bonchev–Trinajstić information content (AvgIpc) is 3.45. The number of hydrogen-bond acceptors (Lipinski definition) is 4. The monoisotopic (exact) mass is 453 g/mol. The van der Waals surface area contributed by atoms with Crippen molar-refractivity contribution in [3.63, 3.8) is 0 Å². The van der Waals surface area contributed by atoms with Crippen LogP contribution in [0.3, 0.4) is 0 Å². The van der Waals surface area contributed by atoms with E-state index in [1.54, 1.807) is 4.90 Å². The molecule has 2 aromatic rings. The first-order chi connectivity index (χ1) is 15.7. The largest absolute Gasteiger partial charge is 0.368 e. The summed E-state index contributed by atoms with van der Waals surface area (Å²) >= 11 is 0. The van der Waals surface area contributed by atoms with Crippen LogP contribution in [0.1, 0.15) is 45.1 Å². The summed E-state index contributed by atoms with van der Waals surface area (Å²) in [5.41, 5.74) is 7.09. The van der Waals surface area contributed by atoms with Crippen molar-refractivity contribution in [3.05, 3.63) is 36.0 Å². The van der Waals surface area contributed by atoms with Crippen LogP contribution < -0.4 is 11.1 Å². The Kier molecular flexibility index (Phi) is 6.47. The molecule has 0 radical (unpaired) electrons. The third-order valence-corrected chi connectivity index (χ3v) is 7.37. The molecule has 0 saturated carbocycles. The first-order valence-electron chi connectivity index (χ1n) is 11.9. The number of hydrogen-bond donors (Lipinski definition) is 3. The molecule has 3 amide bonds. The highest BCUT2D eigenvalue weighted by molar-refractivity contribution is 5.96. The highest BCUT2D eigenvalue weighted by Gasteiger charge is 2.54. The number of fused-ring (bicyclic) bond motifs is 1. The quantitative estimate of drug-likeness (QED) is 0.566. The minimum Gasteiger partial charge on any atom is -0.368 e. The molecule has 4 rings (SSSR count). The van der Waals surface area contributed by atoms with E-state index in [4.69, 9.17) is 5.73 Å². The minimum atomic E-state index is -0.854. The number of aromatic amines is 1. The fourth-order valence-corrected chi connectivity index (χ4v) is 5.51. The van der Waals surface area contributed by atoms with Crippen LogP contribution in [0.4, 0.5) is 0 Å². The summed E-state index contributed by atoms with van der Waals surface area (Å²) in [6, 6.07) is 6.34. The van der Waals surface area contributed by atoms with Gasteiger partial charge in [-0.2, -0.15) is 0 Å². The second kappa shape index (κ2) is 9.17. The number of carbonyl (C=O) groups is 3. The molecule has 3 atom stereocenters. The van der Waals surface area contributed by atoms with Crippen LogP contribution in [0.15, 0.2) is 30.5 Å². The molecule has 2 fully saturated rings. The smallest absolute Gasteiger partial charge is 0.243 e.